The molecule has 28 unspecified atom stereocenters. The fourth-order valence-corrected chi connectivity index (χ4v) is 15.0. The summed E-state index contributed by atoms with van der Waals surface area (Å²) >= 11 is 0. The molecule has 28 nitrogen and oxygen atoms in total. The molecule has 4 saturated carbocycles. The molecule has 1 spiro atoms. The van der Waals surface area contributed by atoms with Gasteiger partial charge in [0.15, 0.2) is 31.3 Å². The van der Waals surface area contributed by atoms with Crippen LogP contribution >= 0.6 is 0 Å². The minimum Gasteiger partial charge on any atom is -0.432 e. The third kappa shape index (κ3) is 10.3. The van der Waals surface area contributed by atoms with Gasteiger partial charge in [0.2, 0.25) is 6.29 Å². The van der Waals surface area contributed by atoms with Crippen LogP contribution in [0.2, 0.25) is 0 Å². The Kier molecular flexibility index (Phi) is 18.2. The first kappa shape index (κ1) is 60.8. The summed E-state index contributed by atoms with van der Waals surface area (Å²) in [6, 6.07) is 0. The van der Waals surface area contributed by atoms with E-state index in [1.54, 1.807) is 6.92 Å². The summed E-state index contributed by atoms with van der Waals surface area (Å²) in [5, 5.41) is 181. The van der Waals surface area contributed by atoms with Crippen LogP contribution in [0.4, 0.5) is 0 Å². The van der Waals surface area contributed by atoms with E-state index in [1.165, 1.54) is 0 Å². The van der Waals surface area contributed by atoms with Gasteiger partial charge in [0.25, 0.3) is 0 Å². The fourth-order valence-electron chi connectivity index (χ4n) is 15.0. The van der Waals surface area contributed by atoms with Crippen LogP contribution in [0.5, 0.6) is 0 Å². The molecule has 2 bridgehead atoms. The van der Waals surface area contributed by atoms with E-state index in [0.717, 1.165) is 0 Å². The highest BCUT2D eigenvalue weighted by Gasteiger charge is 2.70. The van der Waals surface area contributed by atoms with Gasteiger partial charge in [0, 0.05) is 0 Å². The predicted molar refractivity (Wildman–Crippen MR) is 252 cm³/mol. The molecule has 0 aromatic carbocycles. The summed E-state index contributed by atoms with van der Waals surface area (Å²) in [7, 11) is 0. The molecule has 17 N–H and O–H groups in total. The van der Waals surface area contributed by atoms with Gasteiger partial charge in [-0.2, -0.15) is 0 Å². The van der Waals surface area contributed by atoms with Gasteiger partial charge in [-0.25, -0.2) is 0 Å². The number of hydrogen-bond donors (Lipinski definition) is 17. The average molecular weight is 1130 g/mol. The normalized spacial score (nSPS) is 54.5. The first-order valence-electron chi connectivity index (χ1n) is 26.9. The molecule has 0 amide bonds. The molecule has 5 aliphatic heterocycles. The Morgan fingerprint density at radius 2 is 0.910 bits per heavy atom. The van der Waals surface area contributed by atoms with E-state index in [-0.39, 0.29) is 11.8 Å². The Hall–Kier alpha value is -1.83. The van der Waals surface area contributed by atoms with Crippen molar-refractivity contribution in [3.05, 3.63) is 12.2 Å². The quantitative estimate of drug-likeness (QED) is 0.0411. The average Bonchev–Trinajstić information content (AvgIpc) is 3.88. The van der Waals surface area contributed by atoms with Crippen LogP contribution in [0.15, 0.2) is 12.2 Å². The molecule has 9 fully saturated rings. The van der Waals surface area contributed by atoms with Gasteiger partial charge in [0.1, 0.15) is 116 Å². The van der Waals surface area contributed by atoms with Gasteiger partial charge in [0.05, 0.1) is 44.1 Å². The van der Waals surface area contributed by atoms with Crippen LogP contribution in [0, 0.1) is 28.1 Å². The van der Waals surface area contributed by atoms with Crippen molar-refractivity contribution in [3.63, 3.8) is 0 Å². The van der Waals surface area contributed by atoms with E-state index >= 15 is 4.79 Å². The van der Waals surface area contributed by atoms with Crippen LogP contribution in [0.25, 0.3) is 0 Å². The SMILES string of the molecule is C=C1CC23CCC4[C@](C)(C(=O)OC5OC(CO)C(O)C(OC6OC(CO)C(O)C(O)C6O)C5OC5OC(CO)C(O)C(O)C5O)CCC[C@@]4(C)[C@@H]2CCC1(OC1OC(CO)C(O)C(OC2OC(CO)C(O)C(O)C2O)C1O)C3. The number of aliphatic hydroxyl groups is 17. The van der Waals surface area contributed by atoms with E-state index in [4.69, 9.17) is 47.4 Å². The third-order valence-electron chi connectivity index (χ3n) is 19.2. The van der Waals surface area contributed by atoms with Crippen molar-refractivity contribution >= 4 is 5.97 Å². The lowest BCUT2D eigenvalue weighted by atomic mass is 9.41. The number of esters is 1. The Labute approximate surface area is 448 Å². The van der Waals surface area contributed by atoms with Gasteiger partial charge < -0.3 is 134 Å². The minimum atomic E-state index is -2.04. The third-order valence-corrected chi connectivity index (χ3v) is 19.2. The number of hydrogen-bond acceptors (Lipinski definition) is 28. The van der Waals surface area contributed by atoms with Crippen molar-refractivity contribution in [2.24, 2.45) is 28.1 Å². The zero-order valence-corrected chi connectivity index (χ0v) is 43.3. The topological polar surface area (TPSA) is 453 Å². The second-order valence-electron chi connectivity index (χ2n) is 23.6. The zero-order chi connectivity index (χ0) is 56.7. The lowest BCUT2D eigenvalue weighted by Gasteiger charge is -2.64. The van der Waals surface area contributed by atoms with E-state index in [1.807, 2.05) is 0 Å². The second-order valence-corrected chi connectivity index (χ2v) is 23.6. The van der Waals surface area contributed by atoms with Crippen molar-refractivity contribution in [2.75, 3.05) is 33.0 Å². The lowest BCUT2D eigenvalue weighted by molar-refractivity contribution is -0.389. The Morgan fingerprint density at radius 1 is 0.487 bits per heavy atom. The zero-order valence-electron chi connectivity index (χ0n) is 43.3. The number of carbonyl (C=O) groups excluding carboxylic acids is 1. The standard InChI is InChI=1S/C50H80O28/c1-18-11-49-9-5-24-47(2,25(49)6-10-50(18,17-49)78-44-37(67)38(29(59)22(15-54)72-44)74-41-34(64)31(61)26(56)19(12-51)69-41)7-4-8-48(24,3)46(68)77-45-40(76-43-36(66)33(63)28(58)21(14-53)71-43)39(30(60)23(16-55)73-45)75-42-35(65)32(62)27(57)20(13-52)70-42/h19-45,51-67H,1,4-17H2,2-3H3/t19?,20?,21?,22?,23?,24?,25-,26?,27?,28?,29?,30?,31?,32?,33?,34?,35?,36?,37?,38?,39?,40?,41?,42?,43?,44?,45?,47+,48+,49?,50?/m0/s1. The van der Waals surface area contributed by atoms with Crippen molar-refractivity contribution in [2.45, 2.75) is 231 Å². The van der Waals surface area contributed by atoms with Crippen LogP contribution < -0.4 is 0 Å². The van der Waals surface area contributed by atoms with E-state index in [9.17, 15) is 86.8 Å². The molecule has 28 heteroatoms. The fraction of sp³-hybridized carbons (Fsp3) is 0.940. The maximum atomic E-state index is 15.2. The maximum absolute atomic E-state index is 15.2. The Morgan fingerprint density at radius 3 is 1.41 bits per heavy atom. The number of fused-ring (bicyclic) bond motifs is 3. The van der Waals surface area contributed by atoms with Gasteiger partial charge in [-0.3, -0.25) is 4.79 Å². The van der Waals surface area contributed by atoms with Crippen LogP contribution in [-0.4, -0.2) is 285 Å². The highest BCUT2D eigenvalue weighted by atomic mass is 16.8. The highest BCUT2D eigenvalue weighted by Crippen LogP contribution is 2.74. The largest absolute Gasteiger partial charge is 0.432 e. The summed E-state index contributed by atoms with van der Waals surface area (Å²) in [5.41, 5.74) is -2.63. The summed E-state index contributed by atoms with van der Waals surface area (Å²) in [5.74, 6) is -1.19. The second kappa shape index (κ2) is 23.3. The smallest absolute Gasteiger partial charge is 0.314 e. The number of aliphatic hydroxyl groups excluding tert-OH is 17. The minimum absolute atomic E-state index is 0.0444. The molecule has 0 aromatic rings. The number of ether oxygens (including phenoxy) is 10. The van der Waals surface area contributed by atoms with E-state index in [2.05, 4.69) is 13.5 Å². The van der Waals surface area contributed by atoms with Crippen LogP contribution in [0.1, 0.15) is 71.6 Å². The monoisotopic (exact) mass is 1130 g/mol. The maximum Gasteiger partial charge on any atom is 0.314 e. The summed E-state index contributed by atoms with van der Waals surface area (Å²) < 4.78 is 59.7. The molecule has 448 valence electrons. The molecule has 9 aliphatic rings. The van der Waals surface area contributed by atoms with Crippen molar-refractivity contribution < 1.29 is 139 Å². The van der Waals surface area contributed by atoms with Crippen LogP contribution in [-0.2, 0) is 52.2 Å². The molecular formula is C50H80O28. The van der Waals surface area contributed by atoms with Gasteiger partial charge in [-0.15, -0.1) is 0 Å². The van der Waals surface area contributed by atoms with Gasteiger partial charge in [-0.05, 0) is 86.5 Å². The number of carbonyl (C=O) groups is 1. The highest BCUT2D eigenvalue weighted by molar-refractivity contribution is 5.77. The number of rotatable bonds is 15. The van der Waals surface area contributed by atoms with Crippen molar-refractivity contribution in [1.29, 1.82) is 0 Å². The lowest BCUT2D eigenvalue weighted by Crippen LogP contribution is -2.67. The molecule has 4 aliphatic carbocycles. The molecule has 5 heterocycles. The molecular weight excluding hydrogens is 1050 g/mol. The van der Waals surface area contributed by atoms with Gasteiger partial charge in [-0.1, -0.05) is 19.9 Å². The Balaban J connectivity index is 0.949. The molecule has 0 aromatic heterocycles. The molecule has 0 radical (unpaired) electrons. The molecule has 5 saturated heterocycles. The summed E-state index contributed by atoms with van der Waals surface area (Å²) in [6.07, 6.45) is -39.9. The van der Waals surface area contributed by atoms with Gasteiger partial charge >= 0.3 is 5.97 Å². The van der Waals surface area contributed by atoms with Crippen LogP contribution in [0.3, 0.4) is 0 Å². The molecule has 31 atom stereocenters. The van der Waals surface area contributed by atoms with E-state index in [0.29, 0.717) is 63.4 Å². The first-order chi connectivity index (χ1) is 36.9. The molecule has 78 heavy (non-hydrogen) atoms. The van der Waals surface area contributed by atoms with Crippen molar-refractivity contribution in [3.8, 4) is 0 Å². The predicted octanol–water partition coefficient (Wildman–Crippen LogP) is -7.29. The molecule has 9 rings (SSSR count). The van der Waals surface area contributed by atoms with E-state index < -0.39 is 214 Å². The first-order valence-corrected chi connectivity index (χ1v) is 26.9. The van der Waals surface area contributed by atoms with Crippen molar-refractivity contribution in [1.82, 2.24) is 0 Å². The Bertz CT molecular complexity index is 2070. The summed E-state index contributed by atoms with van der Waals surface area (Å²) in [4.78, 5) is 15.2. The summed E-state index contributed by atoms with van der Waals surface area (Å²) in [6.45, 7) is 4.22.